The van der Waals surface area contributed by atoms with E-state index in [1.807, 2.05) is 24.0 Å². The highest BCUT2D eigenvalue weighted by Gasteiger charge is 2.33. The Morgan fingerprint density at radius 1 is 1.24 bits per heavy atom. The van der Waals surface area contributed by atoms with Crippen molar-refractivity contribution in [2.75, 3.05) is 25.2 Å². The molecule has 2 aromatic carbocycles. The molecule has 5 rings (SSSR count). The van der Waals surface area contributed by atoms with E-state index in [0.717, 1.165) is 27.0 Å². The average Bonchev–Trinajstić information content (AvgIpc) is 3.46. The SMILES string of the molecule is COc1ccc(F)c(F)c1-c1nccc(C(=O)Cc2ccc3sc(C)nc3c2N2C[C@H](N)C[C@H]2CO)n1. The number of fused-ring (bicyclic) bond motifs is 1. The Morgan fingerprint density at radius 3 is 2.81 bits per heavy atom. The maximum Gasteiger partial charge on any atom is 0.185 e. The van der Waals surface area contributed by atoms with Crippen molar-refractivity contribution in [3.63, 3.8) is 0 Å². The van der Waals surface area contributed by atoms with Crippen LogP contribution in [0, 0.1) is 18.6 Å². The molecule has 8 nitrogen and oxygen atoms in total. The van der Waals surface area contributed by atoms with E-state index in [2.05, 4.69) is 9.97 Å². The summed E-state index contributed by atoms with van der Waals surface area (Å²) in [6.07, 6.45) is 1.93. The number of carbonyl (C=O) groups excluding carboxylic acids is 1. The molecule has 3 N–H and O–H groups in total. The monoisotopic (exact) mass is 525 g/mol. The highest BCUT2D eigenvalue weighted by atomic mass is 32.1. The molecular formula is C26H25F2N5O3S. The molecule has 4 aromatic rings. The molecule has 0 bridgehead atoms. The number of anilines is 1. The number of thiazole rings is 1. The summed E-state index contributed by atoms with van der Waals surface area (Å²) in [5.74, 6) is -2.67. The quantitative estimate of drug-likeness (QED) is 0.351. The second kappa shape index (κ2) is 10.1. The number of aromatic nitrogens is 3. The molecule has 2 atom stereocenters. The van der Waals surface area contributed by atoms with Gasteiger partial charge in [-0.1, -0.05) is 6.07 Å². The van der Waals surface area contributed by atoms with E-state index < -0.39 is 11.6 Å². The van der Waals surface area contributed by atoms with E-state index in [9.17, 15) is 18.7 Å². The number of ether oxygens (including phenoxy) is 1. The van der Waals surface area contributed by atoms with E-state index in [-0.39, 0.29) is 53.7 Å². The zero-order valence-corrected chi connectivity index (χ0v) is 21.1. The lowest BCUT2D eigenvalue weighted by atomic mass is 10.0. The van der Waals surface area contributed by atoms with Crippen molar-refractivity contribution < 1.29 is 23.4 Å². The largest absolute Gasteiger partial charge is 0.496 e. The first-order chi connectivity index (χ1) is 17.8. The number of aryl methyl sites for hydroxylation is 1. The molecule has 3 heterocycles. The Bertz CT molecular complexity index is 1490. The number of halogens is 2. The standard InChI is InChI=1S/C26H25F2N5O3S/c1-13-31-24-21(37-13)6-3-14(25(24)33-11-15(29)10-16(33)12-34)9-19(35)18-7-8-30-26(32-18)22-20(36-2)5-4-17(27)23(22)28/h3-8,15-16,34H,9-12,29H2,1-2H3/t15-,16+/m1/s1. The van der Waals surface area contributed by atoms with Crippen LogP contribution in [-0.4, -0.2) is 58.2 Å². The lowest BCUT2D eigenvalue weighted by Gasteiger charge is -2.28. The molecule has 1 fully saturated rings. The van der Waals surface area contributed by atoms with Gasteiger partial charge < -0.3 is 20.5 Å². The molecule has 1 aliphatic heterocycles. The van der Waals surface area contributed by atoms with Crippen molar-refractivity contribution in [1.29, 1.82) is 0 Å². The van der Waals surface area contributed by atoms with Gasteiger partial charge in [0.2, 0.25) is 0 Å². The first kappa shape index (κ1) is 25.1. The number of aliphatic hydroxyl groups excluding tert-OH is 1. The number of methoxy groups -OCH3 is 1. The summed E-state index contributed by atoms with van der Waals surface area (Å²) in [7, 11) is 1.33. The number of hydrogen-bond donors (Lipinski definition) is 2. The van der Waals surface area contributed by atoms with E-state index in [1.54, 1.807) is 11.3 Å². The van der Waals surface area contributed by atoms with Crippen LogP contribution in [0.4, 0.5) is 14.5 Å². The number of carbonyl (C=O) groups is 1. The van der Waals surface area contributed by atoms with Crippen molar-refractivity contribution in [2.24, 2.45) is 5.73 Å². The Morgan fingerprint density at radius 2 is 2.05 bits per heavy atom. The number of Topliss-reactive ketones (excluding diaryl/α,β-unsaturated/α-hetero) is 1. The van der Waals surface area contributed by atoms with Crippen LogP contribution in [-0.2, 0) is 6.42 Å². The van der Waals surface area contributed by atoms with Gasteiger partial charge in [0.25, 0.3) is 0 Å². The molecule has 1 saturated heterocycles. The van der Waals surface area contributed by atoms with Crippen LogP contribution in [0.5, 0.6) is 5.75 Å². The van der Waals surface area contributed by atoms with Crippen LogP contribution in [0.15, 0.2) is 36.5 Å². The number of aliphatic hydroxyl groups is 1. The average molecular weight is 526 g/mol. The number of nitrogens with two attached hydrogens (primary N) is 1. The highest BCUT2D eigenvalue weighted by molar-refractivity contribution is 7.18. The van der Waals surface area contributed by atoms with Crippen molar-refractivity contribution >= 4 is 33.0 Å². The molecule has 0 aliphatic carbocycles. The van der Waals surface area contributed by atoms with Crippen LogP contribution in [0.1, 0.15) is 27.5 Å². The lowest BCUT2D eigenvalue weighted by Crippen LogP contribution is -2.34. The Kier molecular flexibility index (Phi) is 6.84. The van der Waals surface area contributed by atoms with Gasteiger partial charge in [0.15, 0.2) is 23.2 Å². The van der Waals surface area contributed by atoms with Crippen molar-refractivity contribution in [3.05, 3.63) is 64.4 Å². The van der Waals surface area contributed by atoms with Crippen molar-refractivity contribution in [2.45, 2.75) is 31.8 Å². The minimum absolute atomic E-state index is 0.0229. The normalized spacial score (nSPS) is 17.5. The third-order valence-electron chi connectivity index (χ3n) is 6.46. The van der Waals surface area contributed by atoms with Crippen LogP contribution >= 0.6 is 11.3 Å². The van der Waals surface area contributed by atoms with Gasteiger partial charge in [-0.25, -0.2) is 23.7 Å². The molecular weight excluding hydrogens is 500 g/mol. The molecule has 2 aromatic heterocycles. The minimum atomic E-state index is -1.16. The topological polar surface area (TPSA) is 114 Å². The second-order valence-electron chi connectivity index (χ2n) is 8.94. The zero-order valence-electron chi connectivity index (χ0n) is 20.2. The van der Waals surface area contributed by atoms with E-state index in [0.29, 0.717) is 18.5 Å². The molecule has 1 aliphatic rings. The summed E-state index contributed by atoms with van der Waals surface area (Å²) in [6, 6.07) is 7.16. The van der Waals surface area contributed by atoms with Gasteiger partial charge in [0.05, 0.1) is 40.7 Å². The summed E-state index contributed by atoms with van der Waals surface area (Å²) in [4.78, 5) is 28.5. The predicted molar refractivity (Wildman–Crippen MR) is 137 cm³/mol. The fraction of sp³-hybridized carbons (Fsp3) is 0.308. The molecule has 0 unspecified atom stereocenters. The molecule has 11 heteroatoms. The van der Waals surface area contributed by atoms with Crippen LogP contribution in [0.3, 0.4) is 0 Å². The second-order valence-corrected chi connectivity index (χ2v) is 10.2. The van der Waals surface area contributed by atoms with Crippen molar-refractivity contribution in [1.82, 2.24) is 15.0 Å². The maximum atomic E-state index is 14.6. The summed E-state index contributed by atoms with van der Waals surface area (Å²) < 4.78 is 34.7. The lowest BCUT2D eigenvalue weighted by molar-refractivity contribution is 0.0988. The Labute approximate surface area is 215 Å². The molecule has 0 spiro atoms. The molecule has 37 heavy (non-hydrogen) atoms. The van der Waals surface area contributed by atoms with Gasteiger partial charge >= 0.3 is 0 Å². The third kappa shape index (κ3) is 4.65. The smallest absolute Gasteiger partial charge is 0.185 e. The fourth-order valence-electron chi connectivity index (χ4n) is 4.81. The van der Waals surface area contributed by atoms with E-state index in [1.165, 1.54) is 25.4 Å². The summed E-state index contributed by atoms with van der Waals surface area (Å²) in [5, 5.41) is 10.9. The number of nitrogens with zero attached hydrogens (tertiary/aromatic N) is 4. The van der Waals surface area contributed by atoms with E-state index >= 15 is 0 Å². The Hall–Kier alpha value is -3.54. The van der Waals surface area contributed by atoms with Gasteiger partial charge in [0, 0.05) is 25.2 Å². The summed E-state index contributed by atoms with van der Waals surface area (Å²) in [5.41, 5.74) is 8.26. The van der Waals surface area contributed by atoms with Crippen molar-refractivity contribution in [3.8, 4) is 17.1 Å². The van der Waals surface area contributed by atoms with Crippen LogP contribution in [0.2, 0.25) is 0 Å². The first-order valence-electron chi connectivity index (χ1n) is 11.7. The molecule has 192 valence electrons. The van der Waals surface area contributed by atoms with Crippen LogP contribution in [0.25, 0.3) is 21.6 Å². The number of hydrogen-bond acceptors (Lipinski definition) is 9. The maximum absolute atomic E-state index is 14.6. The van der Waals surface area contributed by atoms with Gasteiger partial charge in [-0.3, -0.25) is 4.79 Å². The number of ketones is 1. The fourth-order valence-corrected chi connectivity index (χ4v) is 5.64. The van der Waals surface area contributed by atoms with Gasteiger partial charge in [0.1, 0.15) is 17.0 Å². The zero-order chi connectivity index (χ0) is 26.3. The van der Waals surface area contributed by atoms with Gasteiger partial charge in [-0.15, -0.1) is 11.3 Å². The minimum Gasteiger partial charge on any atom is -0.496 e. The number of benzene rings is 2. The summed E-state index contributed by atoms with van der Waals surface area (Å²) in [6.45, 7) is 2.37. The number of rotatable bonds is 7. The third-order valence-corrected chi connectivity index (χ3v) is 7.40. The van der Waals surface area contributed by atoms with Gasteiger partial charge in [-0.2, -0.15) is 0 Å². The molecule has 0 radical (unpaired) electrons. The van der Waals surface area contributed by atoms with Crippen LogP contribution < -0.4 is 15.4 Å². The highest BCUT2D eigenvalue weighted by Crippen LogP contribution is 2.38. The van der Waals surface area contributed by atoms with E-state index in [4.69, 9.17) is 15.5 Å². The molecule has 0 saturated carbocycles. The first-order valence-corrected chi connectivity index (χ1v) is 12.5. The Balaban J connectivity index is 1.54. The molecule has 0 amide bonds. The predicted octanol–water partition coefficient (Wildman–Crippen LogP) is 3.67. The van der Waals surface area contributed by atoms with Gasteiger partial charge in [-0.05, 0) is 43.2 Å². The summed E-state index contributed by atoms with van der Waals surface area (Å²) >= 11 is 1.55.